The zero-order valence-electron chi connectivity index (χ0n) is 12.2. The summed E-state index contributed by atoms with van der Waals surface area (Å²) in [6.45, 7) is 2.06. The molecule has 3 nitrogen and oxygen atoms in total. The molecule has 3 rings (SSSR count). The van der Waals surface area contributed by atoms with Gasteiger partial charge in [-0.15, -0.1) is 0 Å². The van der Waals surface area contributed by atoms with Gasteiger partial charge in [-0.3, -0.25) is 0 Å². The van der Waals surface area contributed by atoms with Gasteiger partial charge in [-0.1, -0.05) is 42.5 Å². The third kappa shape index (κ3) is 3.92. The van der Waals surface area contributed by atoms with Crippen LogP contribution in [0.1, 0.15) is 17.8 Å². The summed E-state index contributed by atoms with van der Waals surface area (Å²) in [5.41, 5.74) is 3.58. The number of aromatic nitrogens is 2. The first-order valence-corrected chi connectivity index (χ1v) is 7.60. The zero-order chi connectivity index (χ0) is 14.3. The Labute approximate surface area is 125 Å². The predicted octanol–water partition coefficient (Wildman–Crippen LogP) is 3.33. The van der Waals surface area contributed by atoms with Crippen LogP contribution in [0.4, 0.5) is 0 Å². The molecule has 0 aliphatic heterocycles. The maximum atomic E-state index is 4.59. The highest BCUT2D eigenvalue weighted by molar-refractivity contribution is 5.74. The van der Waals surface area contributed by atoms with Crippen molar-refractivity contribution in [3.8, 4) is 0 Å². The second-order valence-corrected chi connectivity index (χ2v) is 5.29. The molecule has 0 radical (unpaired) electrons. The molecule has 108 valence electrons. The van der Waals surface area contributed by atoms with Gasteiger partial charge in [0.15, 0.2) is 0 Å². The van der Waals surface area contributed by atoms with Gasteiger partial charge in [0.1, 0.15) is 5.82 Å². The molecule has 1 aromatic heterocycles. The second kappa shape index (κ2) is 7.04. The number of H-pyrrole nitrogens is 1. The zero-order valence-corrected chi connectivity index (χ0v) is 12.2. The highest BCUT2D eigenvalue weighted by Crippen LogP contribution is 2.11. The maximum absolute atomic E-state index is 4.59. The van der Waals surface area contributed by atoms with E-state index in [4.69, 9.17) is 0 Å². The Hall–Kier alpha value is -2.13. The Morgan fingerprint density at radius 2 is 1.67 bits per heavy atom. The van der Waals surface area contributed by atoms with Gasteiger partial charge >= 0.3 is 0 Å². The molecule has 2 N–H and O–H groups in total. The van der Waals surface area contributed by atoms with Crippen molar-refractivity contribution >= 4 is 11.0 Å². The van der Waals surface area contributed by atoms with Crippen LogP contribution >= 0.6 is 0 Å². The van der Waals surface area contributed by atoms with E-state index in [1.165, 1.54) is 5.56 Å². The third-order valence-electron chi connectivity index (χ3n) is 3.64. The number of aryl methyl sites for hydroxylation is 1. The van der Waals surface area contributed by atoms with Gasteiger partial charge < -0.3 is 10.3 Å². The summed E-state index contributed by atoms with van der Waals surface area (Å²) >= 11 is 0. The molecule has 0 spiro atoms. The van der Waals surface area contributed by atoms with Gasteiger partial charge in [-0.25, -0.2) is 4.98 Å². The molecule has 21 heavy (non-hydrogen) atoms. The number of hydrogen-bond donors (Lipinski definition) is 2. The lowest BCUT2D eigenvalue weighted by molar-refractivity contribution is 0.640. The smallest absolute Gasteiger partial charge is 0.107 e. The average molecular weight is 279 g/mol. The lowest BCUT2D eigenvalue weighted by Crippen LogP contribution is -2.19. The Bertz CT molecular complexity index is 640. The molecular formula is C18H21N3. The molecule has 3 heteroatoms. The highest BCUT2D eigenvalue weighted by Gasteiger charge is 2.01. The van der Waals surface area contributed by atoms with Gasteiger partial charge in [0.05, 0.1) is 11.0 Å². The van der Waals surface area contributed by atoms with E-state index in [1.54, 1.807) is 0 Å². The minimum Gasteiger partial charge on any atom is -0.342 e. The molecule has 2 aromatic carbocycles. The van der Waals surface area contributed by atoms with Gasteiger partial charge in [-0.05, 0) is 43.6 Å². The quantitative estimate of drug-likeness (QED) is 0.651. The van der Waals surface area contributed by atoms with Crippen molar-refractivity contribution in [2.75, 3.05) is 13.1 Å². The summed E-state index contributed by atoms with van der Waals surface area (Å²) < 4.78 is 0. The lowest BCUT2D eigenvalue weighted by Gasteiger charge is -2.04. The summed E-state index contributed by atoms with van der Waals surface area (Å²) in [6.07, 6.45) is 3.19. The van der Waals surface area contributed by atoms with Crippen LogP contribution in [-0.2, 0) is 12.8 Å². The van der Waals surface area contributed by atoms with Crippen molar-refractivity contribution in [1.82, 2.24) is 15.3 Å². The van der Waals surface area contributed by atoms with Crippen LogP contribution in [-0.4, -0.2) is 23.1 Å². The van der Waals surface area contributed by atoms with E-state index >= 15 is 0 Å². The van der Waals surface area contributed by atoms with E-state index in [-0.39, 0.29) is 0 Å². The molecule has 0 saturated carbocycles. The van der Waals surface area contributed by atoms with Crippen molar-refractivity contribution in [3.63, 3.8) is 0 Å². The van der Waals surface area contributed by atoms with Gasteiger partial charge in [0.25, 0.3) is 0 Å². The Kier molecular flexibility index (Phi) is 4.64. The van der Waals surface area contributed by atoms with Crippen LogP contribution in [0.5, 0.6) is 0 Å². The summed E-state index contributed by atoms with van der Waals surface area (Å²) in [5, 5.41) is 3.50. The number of nitrogens with one attached hydrogen (secondary N) is 2. The number of rotatable bonds is 7. The first-order chi connectivity index (χ1) is 10.4. The third-order valence-corrected chi connectivity index (χ3v) is 3.64. The molecule has 0 amide bonds. The Balaban J connectivity index is 1.36. The molecule has 3 aromatic rings. The molecule has 0 unspecified atom stereocenters. The normalized spacial score (nSPS) is 11.0. The predicted molar refractivity (Wildman–Crippen MR) is 87.4 cm³/mol. The molecule has 0 atom stereocenters. The fourth-order valence-corrected chi connectivity index (χ4v) is 2.51. The fraction of sp³-hybridized carbons (Fsp3) is 0.278. The number of para-hydroxylation sites is 2. The first kappa shape index (κ1) is 13.8. The van der Waals surface area contributed by atoms with E-state index < -0.39 is 0 Å². The number of nitrogens with zero attached hydrogens (tertiary/aromatic N) is 1. The second-order valence-electron chi connectivity index (χ2n) is 5.29. The van der Waals surface area contributed by atoms with E-state index in [0.29, 0.717) is 0 Å². The number of hydrogen-bond acceptors (Lipinski definition) is 2. The molecule has 0 bridgehead atoms. The van der Waals surface area contributed by atoms with Gasteiger partial charge in [0, 0.05) is 6.42 Å². The molecule has 0 aliphatic rings. The summed E-state index contributed by atoms with van der Waals surface area (Å²) in [6, 6.07) is 18.8. The van der Waals surface area contributed by atoms with E-state index in [1.807, 2.05) is 18.2 Å². The SMILES string of the molecule is c1ccc(CCNCCCc2nc3ccccc3[nH]2)cc1. The number of aromatic amines is 1. The maximum Gasteiger partial charge on any atom is 0.107 e. The molecular weight excluding hydrogens is 258 g/mol. The summed E-state index contributed by atoms with van der Waals surface area (Å²) in [7, 11) is 0. The Morgan fingerprint density at radius 3 is 2.52 bits per heavy atom. The van der Waals surface area contributed by atoms with E-state index in [9.17, 15) is 0 Å². The molecule has 0 aliphatic carbocycles. The van der Waals surface area contributed by atoms with E-state index in [0.717, 1.165) is 49.2 Å². The lowest BCUT2D eigenvalue weighted by atomic mass is 10.1. The fourth-order valence-electron chi connectivity index (χ4n) is 2.51. The van der Waals surface area contributed by atoms with Crippen LogP contribution in [0.2, 0.25) is 0 Å². The number of imidazole rings is 1. The monoisotopic (exact) mass is 279 g/mol. The minimum atomic E-state index is 0.993. The van der Waals surface area contributed by atoms with Gasteiger partial charge in [-0.2, -0.15) is 0 Å². The van der Waals surface area contributed by atoms with Crippen LogP contribution in [0.3, 0.4) is 0 Å². The average Bonchev–Trinajstić information content (AvgIpc) is 2.94. The molecule has 1 heterocycles. The van der Waals surface area contributed by atoms with Crippen LogP contribution in [0.25, 0.3) is 11.0 Å². The Morgan fingerprint density at radius 1 is 0.857 bits per heavy atom. The van der Waals surface area contributed by atoms with Crippen molar-refractivity contribution in [2.24, 2.45) is 0 Å². The molecule has 0 fully saturated rings. The number of fused-ring (bicyclic) bond motifs is 1. The topological polar surface area (TPSA) is 40.7 Å². The van der Waals surface area contributed by atoms with Crippen molar-refractivity contribution in [2.45, 2.75) is 19.3 Å². The largest absolute Gasteiger partial charge is 0.342 e. The molecule has 0 saturated heterocycles. The summed E-state index contributed by atoms with van der Waals surface area (Å²) in [4.78, 5) is 7.97. The van der Waals surface area contributed by atoms with Crippen molar-refractivity contribution < 1.29 is 0 Å². The number of benzene rings is 2. The van der Waals surface area contributed by atoms with Crippen molar-refractivity contribution in [3.05, 3.63) is 66.0 Å². The standard InChI is InChI=1S/C18H21N3/c1-2-7-15(8-3-1)12-14-19-13-6-11-18-20-16-9-4-5-10-17(16)21-18/h1-5,7-10,19H,6,11-14H2,(H,20,21). The van der Waals surface area contributed by atoms with Gasteiger partial charge in [0.2, 0.25) is 0 Å². The van der Waals surface area contributed by atoms with Crippen LogP contribution in [0, 0.1) is 0 Å². The summed E-state index contributed by atoms with van der Waals surface area (Å²) in [5.74, 6) is 1.08. The highest BCUT2D eigenvalue weighted by atomic mass is 14.9. The first-order valence-electron chi connectivity index (χ1n) is 7.60. The van der Waals surface area contributed by atoms with E-state index in [2.05, 4.69) is 51.7 Å². The van der Waals surface area contributed by atoms with Crippen molar-refractivity contribution in [1.29, 1.82) is 0 Å². The van der Waals surface area contributed by atoms with Crippen LogP contribution < -0.4 is 5.32 Å². The minimum absolute atomic E-state index is 0.993. The van der Waals surface area contributed by atoms with Crippen LogP contribution in [0.15, 0.2) is 54.6 Å².